The summed E-state index contributed by atoms with van der Waals surface area (Å²) in [5.41, 5.74) is 5.55. The minimum atomic E-state index is -0.633. The maximum absolute atomic E-state index is 13.7. The SMILES string of the molecule is CC1(C)OB(C(N)c2ccccc2F)OC1(C)C. The summed E-state index contributed by atoms with van der Waals surface area (Å²) in [7, 11) is -0.633. The lowest BCUT2D eigenvalue weighted by molar-refractivity contribution is 0.00578. The largest absolute Gasteiger partial charge is 0.480 e. The second-order valence-corrected chi connectivity index (χ2v) is 5.67. The van der Waals surface area contributed by atoms with E-state index in [9.17, 15) is 4.39 Å². The minimum Gasteiger partial charge on any atom is -0.402 e. The van der Waals surface area contributed by atoms with E-state index in [2.05, 4.69) is 0 Å². The van der Waals surface area contributed by atoms with Crippen LogP contribution in [0.5, 0.6) is 0 Å². The van der Waals surface area contributed by atoms with E-state index in [1.807, 2.05) is 27.7 Å². The van der Waals surface area contributed by atoms with Crippen molar-refractivity contribution in [2.75, 3.05) is 0 Å². The van der Waals surface area contributed by atoms with Gasteiger partial charge in [0.25, 0.3) is 0 Å². The molecule has 1 aromatic rings. The van der Waals surface area contributed by atoms with Crippen LogP contribution in [0.25, 0.3) is 0 Å². The fourth-order valence-electron chi connectivity index (χ4n) is 1.93. The molecule has 0 radical (unpaired) electrons. The molecule has 0 bridgehead atoms. The van der Waals surface area contributed by atoms with Crippen LogP contribution in [0.3, 0.4) is 0 Å². The summed E-state index contributed by atoms with van der Waals surface area (Å²) in [5.74, 6) is -0.966. The molecule has 0 aromatic heterocycles. The van der Waals surface area contributed by atoms with Crippen molar-refractivity contribution in [3.63, 3.8) is 0 Å². The number of nitrogens with two attached hydrogens (primary N) is 1. The highest BCUT2D eigenvalue weighted by atomic mass is 19.1. The summed E-state index contributed by atoms with van der Waals surface area (Å²) in [4.78, 5) is 0. The molecule has 2 rings (SSSR count). The quantitative estimate of drug-likeness (QED) is 0.821. The van der Waals surface area contributed by atoms with Gasteiger partial charge < -0.3 is 15.0 Å². The molecule has 5 heteroatoms. The Morgan fingerprint density at radius 3 is 2.11 bits per heavy atom. The second-order valence-electron chi connectivity index (χ2n) is 5.67. The zero-order valence-corrected chi connectivity index (χ0v) is 11.2. The summed E-state index contributed by atoms with van der Waals surface area (Å²) >= 11 is 0. The van der Waals surface area contributed by atoms with Gasteiger partial charge in [0.1, 0.15) is 5.82 Å². The van der Waals surface area contributed by atoms with Crippen LogP contribution in [-0.4, -0.2) is 18.3 Å². The second kappa shape index (κ2) is 4.33. The lowest BCUT2D eigenvalue weighted by Gasteiger charge is -2.32. The lowest BCUT2D eigenvalue weighted by Crippen LogP contribution is -2.41. The van der Waals surface area contributed by atoms with Gasteiger partial charge in [-0.2, -0.15) is 0 Å². The topological polar surface area (TPSA) is 44.5 Å². The average molecular weight is 251 g/mol. The molecule has 1 aliphatic rings. The summed E-state index contributed by atoms with van der Waals surface area (Å²) in [6.45, 7) is 7.78. The van der Waals surface area contributed by atoms with E-state index >= 15 is 0 Å². The highest BCUT2D eigenvalue weighted by molar-refractivity contribution is 6.47. The number of halogens is 1. The van der Waals surface area contributed by atoms with Crippen LogP contribution in [0.1, 0.15) is 39.2 Å². The van der Waals surface area contributed by atoms with Crippen molar-refractivity contribution in [3.05, 3.63) is 35.6 Å². The van der Waals surface area contributed by atoms with E-state index in [1.54, 1.807) is 18.2 Å². The van der Waals surface area contributed by atoms with Gasteiger partial charge in [-0.15, -0.1) is 0 Å². The Morgan fingerprint density at radius 2 is 1.61 bits per heavy atom. The molecule has 18 heavy (non-hydrogen) atoms. The van der Waals surface area contributed by atoms with Gasteiger partial charge in [-0.3, -0.25) is 0 Å². The van der Waals surface area contributed by atoms with E-state index < -0.39 is 24.3 Å². The molecule has 1 unspecified atom stereocenters. The summed E-state index contributed by atoms with van der Waals surface area (Å²) in [6, 6.07) is 6.44. The number of rotatable bonds is 2. The highest BCUT2D eigenvalue weighted by Crippen LogP contribution is 2.39. The van der Waals surface area contributed by atoms with Crippen molar-refractivity contribution >= 4 is 7.12 Å². The Bertz CT molecular complexity index is 434. The first-order valence-corrected chi connectivity index (χ1v) is 6.10. The third-order valence-electron chi connectivity index (χ3n) is 3.83. The molecule has 1 aromatic carbocycles. The molecule has 2 N–H and O–H groups in total. The molecule has 3 nitrogen and oxygen atoms in total. The van der Waals surface area contributed by atoms with E-state index in [0.717, 1.165) is 0 Å². The van der Waals surface area contributed by atoms with Crippen molar-refractivity contribution in [2.24, 2.45) is 5.73 Å². The highest BCUT2D eigenvalue weighted by Gasteiger charge is 2.53. The van der Waals surface area contributed by atoms with Gasteiger partial charge in [0, 0.05) is 5.56 Å². The van der Waals surface area contributed by atoms with Crippen molar-refractivity contribution in [3.8, 4) is 0 Å². The maximum Gasteiger partial charge on any atom is 0.480 e. The first kappa shape index (κ1) is 13.5. The number of hydrogen-bond donors (Lipinski definition) is 1. The summed E-state index contributed by atoms with van der Waals surface area (Å²) in [6.07, 6.45) is 0. The first-order valence-electron chi connectivity index (χ1n) is 6.10. The number of benzene rings is 1. The van der Waals surface area contributed by atoms with Crippen LogP contribution in [0.2, 0.25) is 0 Å². The third kappa shape index (κ3) is 2.18. The molecule has 98 valence electrons. The Balaban J connectivity index is 2.23. The number of hydrogen-bond acceptors (Lipinski definition) is 3. The Labute approximate surface area is 108 Å². The van der Waals surface area contributed by atoms with Gasteiger partial charge in [-0.25, -0.2) is 4.39 Å². The van der Waals surface area contributed by atoms with Crippen LogP contribution < -0.4 is 5.73 Å². The predicted octanol–water partition coefficient (Wildman–Crippen LogP) is 2.46. The van der Waals surface area contributed by atoms with Gasteiger partial charge >= 0.3 is 7.12 Å². The molecule has 0 spiro atoms. The molecule has 0 amide bonds. The van der Waals surface area contributed by atoms with Gasteiger partial charge in [0.05, 0.1) is 17.1 Å². The normalized spacial score (nSPS) is 23.1. The molecular formula is C13H19BFNO2. The van der Waals surface area contributed by atoms with Crippen LogP contribution in [-0.2, 0) is 9.31 Å². The Hall–Kier alpha value is -0.905. The minimum absolute atomic E-state index is 0.334. The molecule has 1 aliphatic heterocycles. The fourth-order valence-corrected chi connectivity index (χ4v) is 1.93. The summed E-state index contributed by atoms with van der Waals surface area (Å²) in [5, 5.41) is 0. The van der Waals surface area contributed by atoms with E-state index in [1.165, 1.54) is 6.07 Å². The van der Waals surface area contributed by atoms with Crippen LogP contribution in [0, 0.1) is 5.82 Å². The van der Waals surface area contributed by atoms with Crippen molar-refractivity contribution in [1.82, 2.24) is 0 Å². The van der Waals surface area contributed by atoms with E-state index in [4.69, 9.17) is 15.0 Å². The molecule has 1 saturated heterocycles. The van der Waals surface area contributed by atoms with Crippen LogP contribution in [0.15, 0.2) is 24.3 Å². The molecule has 0 saturated carbocycles. The molecule has 1 fully saturated rings. The summed E-state index contributed by atoms with van der Waals surface area (Å²) < 4.78 is 25.3. The smallest absolute Gasteiger partial charge is 0.402 e. The standard InChI is InChI=1S/C13H19BFNO2/c1-12(2)13(3,4)18-14(17-12)11(16)9-7-5-6-8-10(9)15/h5-8,11H,16H2,1-4H3. The van der Waals surface area contributed by atoms with Gasteiger partial charge in [0.15, 0.2) is 0 Å². The molecular weight excluding hydrogens is 232 g/mol. The van der Waals surface area contributed by atoms with E-state index in [-0.39, 0.29) is 5.82 Å². The van der Waals surface area contributed by atoms with Crippen LogP contribution >= 0.6 is 0 Å². The Kier molecular flexibility index (Phi) is 3.26. The molecule has 0 aliphatic carbocycles. The zero-order valence-electron chi connectivity index (χ0n) is 11.2. The molecule has 1 heterocycles. The Morgan fingerprint density at radius 1 is 1.11 bits per heavy atom. The van der Waals surface area contributed by atoms with Crippen LogP contribution in [0.4, 0.5) is 4.39 Å². The maximum atomic E-state index is 13.7. The third-order valence-corrected chi connectivity index (χ3v) is 3.83. The average Bonchev–Trinajstić information content (AvgIpc) is 2.48. The van der Waals surface area contributed by atoms with E-state index in [0.29, 0.717) is 5.56 Å². The van der Waals surface area contributed by atoms with Crippen molar-refractivity contribution < 1.29 is 13.7 Å². The van der Waals surface area contributed by atoms with Gasteiger partial charge in [-0.1, -0.05) is 18.2 Å². The van der Waals surface area contributed by atoms with Crippen molar-refractivity contribution in [2.45, 2.75) is 44.8 Å². The monoisotopic (exact) mass is 251 g/mol. The first-order chi connectivity index (χ1) is 8.24. The predicted molar refractivity (Wildman–Crippen MR) is 69.4 cm³/mol. The fraction of sp³-hybridized carbons (Fsp3) is 0.538. The zero-order chi connectivity index (χ0) is 13.6. The lowest BCUT2D eigenvalue weighted by atomic mass is 9.75. The van der Waals surface area contributed by atoms with Gasteiger partial charge in [-0.05, 0) is 33.8 Å². The van der Waals surface area contributed by atoms with Crippen molar-refractivity contribution in [1.29, 1.82) is 0 Å². The molecule has 1 atom stereocenters. The van der Waals surface area contributed by atoms with Gasteiger partial charge in [0.2, 0.25) is 0 Å².